The zero-order chi connectivity index (χ0) is 16.8. The predicted molar refractivity (Wildman–Crippen MR) is 94.0 cm³/mol. The number of hydrogen-bond donors (Lipinski definition) is 3. The fraction of sp³-hybridized carbons (Fsp3) is 0.278. The van der Waals surface area contributed by atoms with Crippen LogP contribution in [-0.2, 0) is 0 Å². The number of rotatable bonds is 5. The van der Waals surface area contributed by atoms with E-state index < -0.39 is 6.10 Å². The lowest BCUT2D eigenvalue weighted by Gasteiger charge is -2.11. The zero-order valence-electron chi connectivity index (χ0n) is 13.7. The van der Waals surface area contributed by atoms with Crippen LogP contribution >= 0.6 is 0 Å². The Labute approximate surface area is 136 Å². The van der Waals surface area contributed by atoms with Gasteiger partial charge in [-0.3, -0.25) is 4.99 Å². The van der Waals surface area contributed by atoms with E-state index in [4.69, 9.17) is 10.5 Å². The monoisotopic (exact) mass is 313 g/mol. The highest BCUT2D eigenvalue weighted by Crippen LogP contribution is 2.19. The van der Waals surface area contributed by atoms with Crippen LogP contribution in [-0.4, -0.2) is 24.7 Å². The minimum absolute atomic E-state index is 0.177. The van der Waals surface area contributed by atoms with Crippen molar-refractivity contribution in [1.82, 2.24) is 0 Å². The molecule has 0 spiro atoms. The van der Waals surface area contributed by atoms with Crippen LogP contribution in [0.2, 0.25) is 0 Å². The van der Waals surface area contributed by atoms with Crippen molar-refractivity contribution in [2.45, 2.75) is 20.0 Å². The van der Waals surface area contributed by atoms with E-state index in [0.717, 1.165) is 11.3 Å². The van der Waals surface area contributed by atoms with E-state index >= 15 is 0 Å². The smallest absolute Gasteiger partial charge is 0.193 e. The summed E-state index contributed by atoms with van der Waals surface area (Å²) in [4.78, 5) is 4.20. The van der Waals surface area contributed by atoms with Crippen LogP contribution in [0.25, 0.3) is 0 Å². The number of guanidine groups is 1. The van der Waals surface area contributed by atoms with Gasteiger partial charge in [0.25, 0.3) is 0 Å². The van der Waals surface area contributed by atoms with Gasteiger partial charge in [-0.25, -0.2) is 0 Å². The summed E-state index contributed by atoms with van der Waals surface area (Å²) in [6.45, 7) is 4.28. The number of aliphatic hydroxyl groups excluding tert-OH is 1. The first-order valence-electron chi connectivity index (χ1n) is 7.46. The van der Waals surface area contributed by atoms with Gasteiger partial charge in [-0.15, -0.1) is 0 Å². The molecule has 0 bridgehead atoms. The van der Waals surface area contributed by atoms with Crippen LogP contribution in [0.1, 0.15) is 22.8 Å². The average Bonchev–Trinajstić information content (AvgIpc) is 2.56. The zero-order valence-corrected chi connectivity index (χ0v) is 13.7. The molecule has 2 aromatic carbocycles. The number of anilines is 1. The van der Waals surface area contributed by atoms with Gasteiger partial charge in [-0.1, -0.05) is 18.2 Å². The number of aliphatic imine (C=N–C) groups is 1. The van der Waals surface area contributed by atoms with Gasteiger partial charge in [0.05, 0.1) is 19.8 Å². The average molecular weight is 313 g/mol. The van der Waals surface area contributed by atoms with Gasteiger partial charge in [-0.05, 0) is 54.8 Å². The van der Waals surface area contributed by atoms with Crippen molar-refractivity contribution in [3.8, 4) is 5.75 Å². The number of benzene rings is 2. The number of nitrogens with zero attached hydrogens (tertiary/aromatic N) is 1. The Morgan fingerprint density at radius 3 is 2.70 bits per heavy atom. The summed E-state index contributed by atoms with van der Waals surface area (Å²) in [7, 11) is 1.59. The molecule has 0 saturated heterocycles. The second-order valence-electron chi connectivity index (χ2n) is 5.44. The molecule has 1 atom stereocenters. The van der Waals surface area contributed by atoms with Crippen molar-refractivity contribution in [2.24, 2.45) is 10.7 Å². The third-order valence-electron chi connectivity index (χ3n) is 3.69. The second kappa shape index (κ2) is 7.65. The summed E-state index contributed by atoms with van der Waals surface area (Å²) < 4.78 is 5.15. The minimum atomic E-state index is -0.731. The van der Waals surface area contributed by atoms with Gasteiger partial charge < -0.3 is 20.9 Å². The highest BCUT2D eigenvalue weighted by molar-refractivity contribution is 5.92. The van der Waals surface area contributed by atoms with Crippen molar-refractivity contribution in [2.75, 3.05) is 19.0 Å². The summed E-state index contributed by atoms with van der Waals surface area (Å²) in [6.07, 6.45) is -0.731. The van der Waals surface area contributed by atoms with Crippen LogP contribution in [0.3, 0.4) is 0 Å². The largest absolute Gasteiger partial charge is 0.497 e. The first-order valence-corrected chi connectivity index (χ1v) is 7.46. The predicted octanol–water partition coefficient (Wildman–Crippen LogP) is 2.77. The van der Waals surface area contributed by atoms with Crippen LogP contribution in [0.15, 0.2) is 47.5 Å². The topological polar surface area (TPSA) is 79.9 Å². The van der Waals surface area contributed by atoms with Gasteiger partial charge in [0, 0.05) is 5.69 Å². The lowest BCUT2D eigenvalue weighted by atomic mass is 10.1. The van der Waals surface area contributed by atoms with Gasteiger partial charge >= 0.3 is 0 Å². The molecule has 23 heavy (non-hydrogen) atoms. The third-order valence-corrected chi connectivity index (χ3v) is 3.69. The number of hydrogen-bond acceptors (Lipinski definition) is 3. The molecule has 0 aliphatic rings. The summed E-state index contributed by atoms with van der Waals surface area (Å²) in [5, 5.41) is 13.2. The Morgan fingerprint density at radius 1 is 1.22 bits per heavy atom. The van der Waals surface area contributed by atoms with E-state index in [-0.39, 0.29) is 12.5 Å². The van der Waals surface area contributed by atoms with Crippen molar-refractivity contribution >= 4 is 11.6 Å². The molecule has 2 rings (SSSR count). The van der Waals surface area contributed by atoms with Crippen molar-refractivity contribution in [1.29, 1.82) is 0 Å². The van der Waals surface area contributed by atoms with Gasteiger partial charge in [0.2, 0.25) is 0 Å². The van der Waals surface area contributed by atoms with Crippen molar-refractivity contribution in [3.63, 3.8) is 0 Å². The molecule has 0 aliphatic carbocycles. The highest BCUT2D eigenvalue weighted by atomic mass is 16.5. The van der Waals surface area contributed by atoms with Gasteiger partial charge in [0.15, 0.2) is 5.96 Å². The Balaban J connectivity index is 1.99. The van der Waals surface area contributed by atoms with Crippen molar-refractivity contribution in [3.05, 3.63) is 59.2 Å². The highest BCUT2D eigenvalue weighted by Gasteiger charge is 2.08. The summed E-state index contributed by atoms with van der Waals surface area (Å²) in [5.41, 5.74) is 9.90. The molecular formula is C18H23N3O2. The molecule has 0 aliphatic heterocycles. The number of aliphatic hydroxyl groups is 1. The van der Waals surface area contributed by atoms with E-state index in [9.17, 15) is 5.11 Å². The Bertz CT molecular complexity index is 698. The molecule has 0 radical (unpaired) electrons. The standard InChI is InChI=1S/C18H23N3O2/c1-12-7-8-15(9-13(12)2)21-18(19)20-11-17(22)14-5-4-6-16(10-14)23-3/h4-10,17,22H,11H2,1-3H3,(H3,19,20,21). The number of nitrogens with one attached hydrogen (secondary N) is 1. The van der Waals surface area contributed by atoms with Crippen LogP contribution in [0.5, 0.6) is 5.75 Å². The van der Waals surface area contributed by atoms with E-state index in [1.54, 1.807) is 13.2 Å². The molecule has 5 heteroatoms. The molecular weight excluding hydrogens is 290 g/mol. The molecule has 5 nitrogen and oxygen atoms in total. The lowest BCUT2D eigenvalue weighted by Crippen LogP contribution is -2.23. The molecule has 0 aromatic heterocycles. The summed E-state index contributed by atoms with van der Waals surface area (Å²) in [6, 6.07) is 13.3. The molecule has 0 heterocycles. The van der Waals surface area contributed by atoms with Crippen LogP contribution in [0, 0.1) is 13.8 Å². The van der Waals surface area contributed by atoms with Crippen molar-refractivity contribution < 1.29 is 9.84 Å². The normalized spacial score (nSPS) is 12.8. The number of methoxy groups -OCH3 is 1. The summed E-state index contributed by atoms with van der Waals surface area (Å²) >= 11 is 0. The molecule has 122 valence electrons. The van der Waals surface area contributed by atoms with E-state index in [1.165, 1.54) is 11.1 Å². The first-order chi connectivity index (χ1) is 11.0. The maximum absolute atomic E-state index is 10.2. The van der Waals surface area contributed by atoms with Crippen LogP contribution < -0.4 is 15.8 Å². The van der Waals surface area contributed by atoms with Crippen LogP contribution in [0.4, 0.5) is 5.69 Å². The number of ether oxygens (including phenoxy) is 1. The van der Waals surface area contributed by atoms with E-state index in [0.29, 0.717) is 5.75 Å². The maximum Gasteiger partial charge on any atom is 0.193 e. The lowest BCUT2D eigenvalue weighted by molar-refractivity contribution is 0.187. The molecule has 1 unspecified atom stereocenters. The fourth-order valence-corrected chi connectivity index (χ4v) is 2.15. The van der Waals surface area contributed by atoms with Gasteiger partial charge in [0.1, 0.15) is 5.75 Å². The molecule has 0 saturated carbocycles. The molecule has 0 amide bonds. The Morgan fingerprint density at radius 2 is 2.00 bits per heavy atom. The number of aryl methyl sites for hydroxylation is 2. The summed E-state index contributed by atoms with van der Waals surface area (Å²) in [5.74, 6) is 0.974. The fourth-order valence-electron chi connectivity index (χ4n) is 2.15. The quantitative estimate of drug-likeness (QED) is 0.586. The molecule has 0 fully saturated rings. The van der Waals surface area contributed by atoms with Gasteiger partial charge in [-0.2, -0.15) is 0 Å². The molecule has 4 N–H and O–H groups in total. The minimum Gasteiger partial charge on any atom is -0.497 e. The van der Waals surface area contributed by atoms with E-state index in [2.05, 4.69) is 17.2 Å². The molecule has 2 aromatic rings. The first kappa shape index (κ1) is 16.8. The Kier molecular flexibility index (Phi) is 5.60. The second-order valence-corrected chi connectivity index (χ2v) is 5.44. The van der Waals surface area contributed by atoms with E-state index in [1.807, 2.05) is 43.3 Å². The third kappa shape index (κ3) is 4.72. The number of nitrogens with two attached hydrogens (primary N) is 1. The SMILES string of the molecule is COc1cccc(C(O)CN=C(N)Nc2ccc(C)c(C)c2)c1. The Hall–Kier alpha value is -2.53. The maximum atomic E-state index is 10.2.